The summed E-state index contributed by atoms with van der Waals surface area (Å²) >= 11 is 1.59. The van der Waals surface area contributed by atoms with Crippen molar-refractivity contribution in [3.63, 3.8) is 0 Å². The number of halogens is 1. The first-order valence-electron chi connectivity index (χ1n) is 5.68. The van der Waals surface area contributed by atoms with Gasteiger partial charge in [0.05, 0.1) is 4.88 Å². The quantitative estimate of drug-likeness (QED) is 0.836. The van der Waals surface area contributed by atoms with Crippen molar-refractivity contribution in [2.24, 2.45) is 0 Å². The molecule has 0 atom stereocenters. The average molecular weight is 302 g/mol. The lowest BCUT2D eigenvalue weighted by Crippen LogP contribution is -2.35. The predicted octanol–water partition coefficient (Wildman–Crippen LogP) is 0.521. The molecule has 0 saturated heterocycles. The van der Waals surface area contributed by atoms with Gasteiger partial charge in [-0.05, 0) is 6.92 Å². The molecule has 0 amide bonds. The van der Waals surface area contributed by atoms with Crippen molar-refractivity contribution in [1.82, 2.24) is 9.97 Å². The zero-order valence-electron chi connectivity index (χ0n) is 10.8. The lowest BCUT2D eigenvalue weighted by Gasteiger charge is -2.09. The molecule has 5 nitrogen and oxygen atoms in total. The number of aryl methyl sites for hydroxylation is 1. The number of nitrogens with zero attached hydrogens (tertiary/aromatic N) is 3. The molecule has 0 aliphatic heterocycles. The Balaban J connectivity index is 0.00000180. The van der Waals surface area contributed by atoms with Crippen LogP contribution >= 0.6 is 23.7 Å². The molecule has 0 spiro atoms. The fraction of sp³-hybridized carbons (Fsp3) is 0.417. The minimum absolute atomic E-state index is 0. The zero-order valence-corrected chi connectivity index (χ0v) is 12.4. The number of hydrogen-bond acceptors (Lipinski definition) is 5. The highest BCUT2D eigenvalue weighted by atomic mass is 35.5. The highest BCUT2D eigenvalue weighted by molar-refractivity contribution is 7.09. The van der Waals surface area contributed by atoms with Crippen LogP contribution in [0.2, 0.25) is 0 Å². The van der Waals surface area contributed by atoms with Crippen molar-refractivity contribution in [3.05, 3.63) is 33.7 Å². The first kappa shape index (κ1) is 15.8. The molecule has 104 valence electrons. The molecular weight excluding hydrogens is 286 g/mol. The lowest BCUT2D eigenvalue weighted by molar-refractivity contribution is -0.690. The molecule has 0 aromatic carbocycles. The summed E-state index contributed by atoms with van der Waals surface area (Å²) in [7, 11) is 0. The number of aliphatic hydroxyl groups is 1. The molecule has 0 unspecified atom stereocenters. The van der Waals surface area contributed by atoms with E-state index in [1.165, 1.54) is 0 Å². The second-order valence-corrected chi connectivity index (χ2v) is 5.02. The van der Waals surface area contributed by atoms with E-state index in [1.807, 2.05) is 17.0 Å². The van der Waals surface area contributed by atoms with E-state index in [4.69, 9.17) is 5.11 Å². The van der Waals surface area contributed by atoms with Gasteiger partial charge in [-0.1, -0.05) is 11.3 Å². The highest BCUT2D eigenvalue weighted by Crippen LogP contribution is 2.14. The second kappa shape index (κ2) is 6.79. The van der Waals surface area contributed by atoms with E-state index < -0.39 is 0 Å². The molecule has 2 rings (SSSR count). The molecule has 0 bridgehead atoms. The monoisotopic (exact) mass is 301 g/mol. The Morgan fingerprint density at radius 3 is 2.79 bits per heavy atom. The van der Waals surface area contributed by atoms with Crippen molar-refractivity contribution >= 4 is 23.7 Å². The van der Waals surface area contributed by atoms with Crippen molar-refractivity contribution in [3.8, 4) is 5.88 Å². The van der Waals surface area contributed by atoms with Crippen LogP contribution < -0.4 is 9.67 Å². The molecule has 19 heavy (non-hydrogen) atoms. The Morgan fingerprint density at radius 1 is 1.42 bits per heavy atom. The number of aliphatic hydroxyl groups excluding tert-OH is 1. The number of hydrogen-bond donors (Lipinski definition) is 1. The van der Waals surface area contributed by atoms with Crippen LogP contribution in [0.4, 0.5) is 0 Å². The van der Waals surface area contributed by atoms with Gasteiger partial charge in [0.15, 0.2) is 12.2 Å². The molecule has 0 aliphatic carbocycles. The van der Waals surface area contributed by atoms with Gasteiger partial charge in [0.25, 0.3) is 0 Å². The summed E-state index contributed by atoms with van der Waals surface area (Å²) in [4.78, 5) is 9.01. The van der Waals surface area contributed by atoms with Crippen LogP contribution in [-0.2, 0) is 13.0 Å². The fourth-order valence-electron chi connectivity index (χ4n) is 1.72. The minimum Gasteiger partial charge on any atom is -0.858 e. The Labute approximate surface area is 122 Å². The number of rotatable bonds is 4. The molecular formula is C12H16ClN3O2S. The zero-order chi connectivity index (χ0) is 13.1. The van der Waals surface area contributed by atoms with Crippen LogP contribution in [0.15, 0.2) is 11.7 Å². The van der Waals surface area contributed by atoms with Crippen LogP contribution in [0, 0.1) is 13.8 Å². The van der Waals surface area contributed by atoms with E-state index in [-0.39, 0.29) is 24.9 Å². The van der Waals surface area contributed by atoms with Gasteiger partial charge in [-0.2, -0.15) is 4.57 Å². The molecule has 2 heterocycles. The van der Waals surface area contributed by atoms with Gasteiger partial charge in [0.2, 0.25) is 5.51 Å². The summed E-state index contributed by atoms with van der Waals surface area (Å²) < 4.78 is 1.99. The third-order valence-corrected chi connectivity index (χ3v) is 3.93. The van der Waals surface area contributed by atoms with Crippen LogP contribution in [0.5, 0.6) is 5.88 Å². The molecule has 2 aromatic rings. The summed E-state index contributed by atoms with van der Waals surface area (Å²) in [6, 6.07) is 0. The van der Waals surface area contributed by atoms with E-state index >= 15 is 0 Å². The van der Waals surface area contributed by atoms with Crippen LogP contribution in [0.3, 0.4) is 0 Å². The Morgan fingerprint density at radius 2 is 2.16 bits per heavy atom. The predicted molar refractivity (Wildman–Crippen MR) is 72.6 cm³/mol. The first-order valence-corrected chi connectivity index (χ1v) is 6.56. The normalized spacial score (nSPS) is 10.3. The molecule has 0 radical (unpaired) electrons. The van der Waals surface area contributed by atoms with E-state index in [2.05, 4.69) is 9.97 Å². The Bertz CT molecular complexity index is 560. The van der Waals surface area contributed by atoms with Crippen LogP contribution in [-0.4, -0.2) is 21.7 Å². The van der Waals surface area contributed by atoms with Gasteiger partial charge in [0, 0.05) is 37.6 Å². The maximum absolute atomic E-state index is 11.7. The average Bonchev–Trinajstić information content (AvgIpc) is 2.66. The van der Waals surface area contributed by atoms with Crippen molar-refractivity contribution < 1.29 is 14.8 Å². The second-order valence-electron chi connectivity index (χ2n) is 4.08. The van der Waals surface area contributed by atoms with Crippen molar-refractivity contribution in [1.29, 1.82) is 0 Å². The highest BCUT2D eigenvalue weighted by Gasteiger charge is 2.15. The number of thiazole rings is 1. The lowest BCUT2D eigenvalue weighted by atomic mass is 10.2. The van der Waals surface area contributed by atoms with Gasteiger partial charge in [-0.25, -0.2) is 9.97 Å². The largest absolute Gasteiger partial charge is 0.858 e. The maximum atomic E-state index is 11.7. The van der Waals surface area contributed by atoms with Crippen LogP contribution in [0.1, 0.15) is 22.0 Å². The third-order valence-electron chi connectivity index (χ3n) is 2.78. The maximum Gasteiger partial charge on any atom is 0.225 e. The van der Waals surface area contributed by atoms with Gasteiger partial charge < -0.3 is 10.2 Å². The third kappa shape index (κ3) is 3.62. The minimum atomic E-state index is -0.218. The fourth-order valence-corrected chi connectivity index (χ4v) is 2.70. The molecule has 0 aliphatic rings. The summed E-state index contributed by atoms with van der Waals surface area (Å²) in [5, 5.41) is 20.6. The van der Waals surface area contributed by atoms with E-state index in [0.29, 0.717) is 24.4 Å². The smallest absolute Gasteiger partial charge is 0.225 e. The summed E-state index contributed by atoms with van der Waals surface area (Å²) in [5.74, 6) is 0.279. The van der Waals surface area contributed by atoms with Gasteiger partial charge in [-0.15, -0.1) is 12.4 Å². The van der Waals surface area contributed by atoms with Gasteiger partial charge in [-0.3, -0.25) is 0 Å². The van der Waals surface area contributed by atoms with E-state index in [1.54, 1.807) is 24.5 Å². The molecule has 1 N–H and O–H groups in total. The van der Waals surface area contributed by atoms with E-state index in [0.717, 1.165) is 10.6 Å². The topological polar surface area (TPSA) is 73.0 Å². The van der Waals surface area contributed by atoms with Crippen molar-refractivity contribution in [2.75, 3.05) is 6.61 Å². The Hall–Kier alpha value is -1.24. The van der Waals surface area contributed by atoms with E-state index in [9.17, 15) is 5.11 Å². The standard InChI is InChI=1S/C12H15N3O2S.ClH/c1-8-11(3-4-16)18-7-15(8)6-10-5-13-9(2)14-12(10)17;/h5,7,16H,3-4,6H2,1-2H3;1H. The first-order chi connectivity index (χ1) is 8.61. The number of aromatic nitrogens is 3. The molecule has 7 heteroatoms. The Kier molecular flexibility index (Phi) is 5.65. The summed E-state index contributed by atoms with van der Waals surface area (Å²) in [5.41, 5.74) is 3.62. The van der Waals surface area contributed by atoms with Crippen LogP contribution in [0.25, 0.3) is 0 Å². The van der Waals surface area contributed by atoms with Gasteiger partial charge in [0.1, 0.15) is 5.82 Å². The molecule has 0 fully saturated rings. The summed E-state index contributed by atoms with van der Waals surface area (Å²) in [6.07, 6.45) is 2.23. The molecule has 0 saturated carbocycles. The SMILES string of the molecule is Cc1ncc(C[n+]2csc(CCO)c2C)c([O-])n1.Cl. The van der Waals surface area contributed by atoms with Gasteiger partial charge >= 0.3 is 0 Å². The molecule has 2 aromatic heterocycles. The van der Waals surface area contributed by atoms with Crippen molar-refractivity contribution in [2.45, 2.75) is 26.8 Å². The summed E-state index contributed by atoms with van der Waals surface area (Å²) in [6.45, 7) is 4.31.